The summed E-state index contributed by atoms with van der Waals surface area (Å²) in [5.41, 5.74) is 12.3. The molecule has 3 heteroatoms. The molecule has 0 N–H and O–H groups in total. The first-order valence-corrected chi connectivity index (χ1v) is 10.8. The van der Waals surface area contributed by atoms with Crippen LogP contribution in [-0.4, -0.2) is 17.0 Å². The zero-order valence-corrected chi connectivity index (χ0v) is 18.6. The zero-order valence-electron chi connectivity index (χ0n) is 18.6. The van der Waals surface area contributed by atoms with Crippen molar-refractivity contribution < 1.29 is 0 Å². The fourth-order valence-corrected chi connectivity index (χ4v) is 3.81. The minimum Gasteiger partial charge on any atom is -0.370 e. The van der Waals surface area contributed by atoms with Crippen molar-refractivity contribution in [1.29, 1.82) is 0 Å². The van der Waals surface area contributed by atoms with Gasteiger partial charge in [-0.15, -0.1) is 5.73 Å². The maximum atomic E-state index is 4.92. The fourth-order valence-electron chi connectivity index (χ4n) is 3.81. The van der Waals surface area contributed by atoms with Crippen LogP contribution in [0.2, 0.25) is 0 Å². The van der Waals surface area contributed by atoms with Gasteiger partial charge >= 0.3 is 0 Å². The predicted molar refractivity (Wildman–Crippen MR) is 132 cm³/mol. The summed E-state index contributed by atoms with van der Waals surface area (Å²) in [4.78, 5) is 11.4. The summed E-state index contributed by atoms with van der Waals surface area (Å²) in [5, 5.41) is 1.07. The number of fused-ring (bicyclic) bond motifs is 3. The molecule has 0 amide bonds. The van der Waals surface area contributed by atoms with Gasteiger partial charge in [-0.25, -0.2) is 4.98 Å². The normalized spacial score (nSPS) is 11.2. The molecule has 0 fully saturated rings. The lowest BCUT2D eigenvalue weighted by atomic mass is 9.99. The van der Waals surface area contributed by atoms with Crippen LogP contribution in [0.1, 0.15) is 36.1 Å². The first kappa shape index (κ1) is 20.6. The summed E-state index contributed by atoms with van der Waals surface area (Å²) >= 11 is 0. The minimum atomic E-state index is 0.878. The van der Waals surface area contributed by atoms with Gasteiger partial charge in [-0.1, -0.05) is 55.8 Å². The van der Waals surface area contributed by atoms with E-state index in [1.54, 1.807) is 6.20 Å². The predicted octanol–water partition coefficient (Wildman–Crippen LogP) is 6.91. The molecule has 3 nitrogen and oxygen atoms in total. The first-order chi connectivity index (χ1) is 15.2. The standard InChI is InChI=1S/C26H21N3.C2H6/c1-18-6-8-19(9-7-18)17-29(2)21-12-10-20(11-13-21)26-23-5-3-4-22(23)24-16-27-15-14-25(24)28-26;1-2/h4-16H,17H2,1-2H3;1-2H3. The van der Waals surface area contributed by atoms with E-state index in [9.17, 15) is 0 Å². The average Bonchev–Trinajstić information content (AvgIpc) is 3.32. The van der Waals surface area contributed by atoms with Crippen molar-refractivity contribution in [3.05, 3.63) is 95.0 Å². The molecule has 4 aromatic rings. The van der Waals surface area contributed by atoms with Crippen LogP contribution in [0, 0.1) is 6.92 Å². The number of aryl methyl sites for hydroxylation is 1. The number of nitrogens with zero attached hydrogens (tertiary/aromatic N) is 3. The third-order valence-corrected chi connectivity index (χ3v) is 5.44. The lowest BCUT2D eigenvalue weighted by Gasteiger charge is -2.20. The van der Waals surface area contributed by atoms with Gasteiger partial charge in [0, 0.05) is 53.8 Å². The van der Waals surface area contributed by atoms with E-state index >= 15 is 0 Å². The molecular formula is C28H27N3. The number of rotatable bonds is 4. The molecular weight excluding hydrogens is 378 g/mol. The summed E-state index contributed by atoms with van der Waals surface area (Å²) in [5.74, 6) is 0. The number of hydrogen-bond acceptors (Lipinski definition) is 3. The third kappa shape index (κ3) is 4.14. The Morgan fingerprint density at radius 2 is 1.58 bits per heavy atom. The van der Waals surface area contributed by atoms with Gasteiger partial charge in [-0.2, -0.15) is 0 Å². The molecule has 0 saturated heterocycles. The summed E-state index contributed by atoms with van der Waals surface area (Å²) < 4.78 is 0. The maximum Gasteiger partial charge on any atom is 0.0794 e. The quantitative estimate of drug-likeness (QED) is 0.304. The van der Waals surface area contributed by atoms with Gasteiger partial charge in [0.05, 0.1) is 11.2 Å². The Morgan fingerprint density at radius 3 is 2.32 bits per heavy atom. The number of pyridine rings is 2. The van der Waals surface area contributed by atoms with Crippen molar-refractivity contribution in [2.75, 3.05) is 11.9 Å². The minimum absolute atomic E-state index is 0.878. The van der Waals surface area contributed by atoms with Gasteiger partial charge < -0.3 is 4.90 Å². The lowest BCUT2D eigenvalue weighted by Crippen LogP contribution is -2.16. The molecule has 1 aliphatic rings. The van der Waals surface area contributed by atoms with Crippen molar-refractivity contribution in [3.8, 4) is 11.3 Å². The molecule has 2 heterocycles. The Kier molecular flexibility index (Phi) is 5.97. The average molecular weight is 406 g/mol. The summed E-state index contributed by atoms with van der Waals surface area (Å²) in [7, 11) is 2.13. The van der Waals surface area contributed by atoms with Crippen LogP contribution in [-0.2, 0) is 6.54 Å². The summed E-state index contributed by atoms with van der Waals surface area (Å²) in [6.07, 6.45) is 7.71. The van der Waals surface area contributed by atoms with Gasteiger partial charge in [0.25, 0.3) is 0 Å². The highest BCUT2D eigenvalue weighted by molar-refractivity contribution is 5.98. The van der Waals surface area contributed by atoms with Crippen LogP contribution in [0.4, 0.5) is 5.69 Å². The van der Waals surface area contributed by atoms with E-state index in [1.165, 1.54) is 16.8 Å². The van der Waals surface area contributed by atoms with Crippen LogP contribution in [0.25, 0.3) is 34.3 Å². The molecule has 0 atom stereocenters. The summed E-state index contributed by atoms with van der Waals surface area (Å²) in [6.45, 7) is 6.99. The van der Waals surface area contributed by atoms with Crippen molar-refractivity contribution in [3.63, 3.8) is 0 Å². The Morgan fingerprint density at radius 1 is 0.871 bits per heavy atom. The smallest absolute Gasteiger partial charge is 0.0794 e. The van der Waals surface area contributed by atoms with Crippen molar-refractivity contribution in [2.45, 2.75) is 27.3 Å². The van der Waals surface area contributed by atoms with Gasteiger partial charge in [-0.3, -0.25) is 4.98 Å². The second-order valence-electron chi connectivity index (χ2n) is 7.52. The van der Waals surface area contributed by atoms with E-state index < -0.39 is 0 Å². The highest BCUT2D eigenvalue weighted by Crippen LogP contribution is 2.34. The largest absolute Gasteiger partial charge is 0.370 e. The molecule has 154 valence electrons. The van der Waals surface area contributed by atoms with Crippen LogP contribution in [0.3, 0.4) is 0 Å². The molecule has 1 aliphatic carbocycles. The maximum absolute atomic E-state index is 4.92. The van der Waals surface area contributed by atoms with E-state index in [4.69, 9.17) is 4.98 Å². The second-order valence-corrected chi connectivity index (χ2v) is 7.52. The van der Waals surface area contributed by atoms with Crippen LogP contribution in [0.15, 0.2) is 72.7 Å². The molecule has 2 aromatic carbocycles. The van der Waals surface area contributed by atoms with E-state index in [2.05, 4.69) is 78.1 Å². The van der Waals surface area contributed by atoms with Crippen LogP contribution < -0.4 is 4.90 Å². The Balaban J connectivity index is 0.00000112. The molecule has 0 spiro atoms. The number of benzene rings is 2. The van der Waals surface area contributed by atoms with Crippen molar-refractivity contribution in [2.24, 2.45) is 0 Å². The molecule has 31 heavy (non-hydrogen) atoms. The topological polar surface area (TPSA) is 29.0 Å². The first-order valence-electron chi connectivity index (χ1n) is 10.8. The highest BCUT2D eigenvalue weighted by Gasteiger charge is 2.15. The second kappa shape index (κ2) is 8.99. The van der Waals surface area contributed by atoms with Crippen LogP contribution in [0.5, 0.6) is 0 Å². The van der Waals surface area contributed by atoms with Gasteiger partial charge in [0.2, 0.25) is 0 Å². The van der Waals surface area contributed by atoms with Gasteiger partial charge in [0.15, 0.2) is 0 Å². The molecule has 0 unspecified atom stereocenters. The molecule has 2 aromatic heterocycles. The molecule has 0 bridgehead atoms. The van der Waals surface area contributed by atoms with Crippen molar-refractivity contribution >= 4 is 28.7 Å². The molecule has 0 saturated carbocycles. The molecule has 0 radical (unpaired) electrons. The fraction of sp³-hybridized carbons (Fsp3) is 0.179. The zero-order chi connectivity index (χ0) is 21.8. The van der Waals surface area contributed by atoms with Gasteiger partial charge in [0.1, 0.15) is 0 Å². The van der Waals surface area contributed by atoms with Gasteiger partial charge in [-0.05, 0) is 42.8 Å². The number of hydrogen-bond donors (Lipinski definition) is 0. The third-order valence-electron chi connectivity index (χ3n) is 5.44. The van der Waals surface area contributed by atoms with Crippen molar-refractivity contribution in [1.82, 2.24) is 9.97 Å². The van der Waals surface area contributed by atoms with E-state index in [1.807, 2.05) is 38.3 Å². The van der Waals surface area contributed by atoms with E-state index in [-0.39, 0.29) is 0 Å². The molecule has 0 aliphatic heterocycles. The number of aromatic nitrogens is 2. The molecule has 5 rings (SSSR count). The highest BCUT2D eigenvalue weighted by atomic mass is 15.1. The number of anilines is 1. The SMILES string of the molecule is CC.Cc1ccc(CN(C)c2ccc(-c3nc4ccncc4c4c3C=C=C4)cc2)cc1. The van der Waals surface area contributed by atoms with E-state index in [0.29, 0.717) is 0 Å². The van der Waals surface area contributed by atoms with E-state index in [0.717, 1.165) is 39.8 Å². The Hall–Kier alpha value is -3.68. The monoisotopic (exact) mass is 405 g/mol. The van der Waals surface area contributed by atoms with Crippen LogP contribution >= 0.6 is 0 Å². The lowest BCUT2D eigenvalue weighted by molar-refractivity contribution is 0.922. The Labute approximate surface area is 184 Å². The summed E-state index contributed by atoms with van der Waals surface area (Å²) in [6, 6.07) is 19.3. The Bertz CT molecular complexity index is 1260.